The first-order chi connectivity index (χ1) is 8.30. The van der Waals surface area contributed by atoms with Crippen molar-refractivity contribution < 1.29 is 4.74 Å². The second-order valence-corrected chi connectivity index (χ2v) is 5.23. The molecule has 0 atom stereocenters. The topological polar surface area (TPSA) is 47.0 Å². The van der Waals surface area contributed by atoms with Gasteiger partial charge in [-0.3, -0.25) is 0 Å². The summed E-state index contributed by atoms with van der Waals surface area (Å²) in [6.07, 6.45) is 3.08. The summed E-state index contributed by atoms with van der Waals surface area (Å²) < 4.78 is 5.03. The molecule has 1 N–H and O–H groups in total. The molecule has 0 aliphatic heterocycles. The van der Waals surface area contributed by atoms with Crippen LogP contribution in [0.3, 0.4) is 0 Å². The summed E-state index contributed by atoms with van der Waals surface area (Å²) in [5.41, 5.74) is 0. The zero-order chi connectivity index (χ0) is 12.5. The molecule has 6 heteroatoms. The van der Waals surface area contributed by atoms with Gasteiger partial charge in [0.1, 0.15) is 10.8 Å². The van der Waals surface area contributed by atoms with Crippen LogP contribution < -0.4 is 5.32 Å². The van der Waals surface area contributed by atoms with Crippen molar-refractivity contribution in [3.05, 3.63) is 6.07 Å². The third-order valence-corrected chi connectivity index (χ3v) is 3.38. The minimum absolute atomic E-state index is 0.737. The SMILES string of the molecule is CCCNc1cc(SCCOC)nc(SC)n1. The number of rotatable bonds is 8. The Kier molecular flexibility index (Phi) is 7.39. The first kappa shape index (κ1) is 14.6. The van der Waals surface area contributed by atoms with Crippen LogP contribution in [0.5, 0.6) is 0 Å². The molecule has 1 aromatic rings. The van der Waals surface area contributed by atoms with Crippen molar-refractivity contribution in [3.63, 3.8) is 0 Å². The second-order valence-electron chi connectivity index (χ2n) is 3.35. The largest absolute Gasteiger partial charge is 0.384 e. The van der Waals surface area contributed by atoms with E-state index in [4.69, 9.17) is 4.74 Å². The number of aromatic nitrogens is 2. The molecule has 0 bridgehead atoms. The highest BCUT2D eigenvalue weighted by molar-refractivity contribution is 7.99. The number of hydrogen-bond donors (Lipinski definition) is 1. The number of hydrogen-bond acceptors (Lipinski definition) is 6. The summed E-state index contributed by atoms with van der Waals surface area (Å²) in [6, 6.07) is 2.00. The Hall–Kier alpha value is -0.460. The molecule has 4 nitrogen and oxygen atoms in total. The van der Waals surface area contributed by atoms with Gasteiger partial charge in [0.2, 0.25) is 0 Å². The zero-order valence-corrected chi connectivity index (χ0v) is 12.2. The quantitative estimate of drug-likeness (QED) is 0.340. The summed E-state index contributed by atoms with van der Waals surface area (Å²) in [6.45, 7) is 3.81. The number of nitrogens with zero attached hydrogens (tertiary/aromatic N) is 2. The molecule has 0 aliphatic carbocycles. The van der Waals surface area contributed by atoms with E-state index in [9.17, 15) is 0 Å². The molecule has 1 heterocycles. The average molecular weight is 273 g/mol. The van der Waals surface area contributed by atoms with Crippen molar-refractivity contribution in [2.24, 2.45) is 0 Å². The molecule has 96 valence electrons. The van der Waals surface area contributed by atoms with Crippen molar-refractivity contribution in [1.82, 2.24) is 9.97 Å². The predicted octanol–water partition coefficient (Wildman–Crippen LogP) is 2.76. The third kappa shape index (κ3) is 5.61. The highest BCUT2D eigenvalue weighted by atomic mass is 32.2. The maximum atomic E-state index is 5.03. The fraction of sp³-hybridized carbons (Fsp3) is 0.636. The Labute approximate surface area is 111 Å². The van der Waals surface area contributed by atoms with Gasteiger partial charge in [-0.1, -0.05) is 18.7 Å². The molecule has 1 rings (SSSR count). The molecule has 0 radical (unpaired) electrons. The van der Waals surface area contributed by atoms with E-state index < -0.39 is 0 Å². The van der Waals surface area contributed by atoms with Crippen molar-refractivity contribution in [2.45, 2.75) is 23.5 Å². The Balaban J connectivity index is 2.67. The molecule has 0 spiro atoms. The van der Waals surface area contributed by atoms with Crippen molar-refractivity contribution in [3.8, 4) is 0 Å². The maximum Gasteiger partial charge on any atom is 0.190 e. The van der Waals surface area contributed by atoms with Crippen LogP contribution in [-0.2, 0) is 4.74 Å². The fourth-order valence-electron chi connectivity index (χ4n) is 1.14. The molecule has 0 fully saturated rings. The van der Waals surface area contributed by atoms with Crippen LogP contribution in [0.4, 0.5) is 5.82 Å². The smallest absolute Gasteiger partial charge is 0.190 e. The molecular weight excluding hydrogens is 254 g/mol. The van der Waals surface area contributed by atoms with Gasteiger partial charge < -0.3 is 10.1 Å². The second kappa shape index (κ2) is 8.60. The van der Waals surface area contributed by atoms with Crippen LogP contribution in [0.1, 0.15) is 13.3 Å². The number of thioether (sulfide) groups is 2. The Morgan fingerprint density at radius 2 is 2.24 bits per heavy atom. The van der Waals surface area contributed by atoms with Gasteiger partial charge in [-0.2, -0.15) is 0 Å². The van der Waals surface area contributed by atoms with E-state index in [-0.39, 0.29) is 0 Å². The van der Waals surface area contributed by atoms with Crippen molar-refractivity contribution in [1.29, 1.82) is 0 Å². The van der Waals surface area contributed by atoms with Gasteiger partial charge in [-0.15, -0.1) is 11.8 Å². The molecule has 0 saturated heterocycles. The predicted molar refractivity (Wildman–Crippen MR) is 75.2 cm³/mol. The van der Waals surface area contributed by atoms with Crippen molar-refractivity contribution in [2.75, 3.05) is 37.6 Å². The van der Waals surface area contributed by atoms with Crippen LogP contribution in [0.15, 0.2) is 16.2 Å². The summed E-state index contributed by atoms with van der Waals surface area (Å²) in [4.78, 5) is 8.86. The molecular formula is C11H19N3OS2. The highest BCUT2D eigenvalue weighted by Crippen LogP contribution is 2.21. The first-order valence-electron chi connectivity index (χ1n) is 5.58. The molecule has 17 heavy (non-hydrogen) atoms. The van der Waals surface area contributed by atoms with Crippen LogP contribution >= 0.6 is 23.5 Å². The molecule has 1 aromatic heterocycles. The van der Waals surface area contributed by atoms with E-state index in [0.717, 1.165) is 41.3 Å². The highest BCUT2D eigenvalue weighted by Gasteiger charge is 2.04. The molecule has 0 unspecified atom stereocenters. The maximum absolute atomic E-state index is 5.03. The fourth-order valence-corrected chi connectivity index (χ4v) is 2.38. The minimum atomic E-state index is 0.737. The van der Waals surface area contributed by atoms with Gasteiger partial charge >= 0.3 is 0 Å². The Morgan fingerprint density at radius 3 is 2.88 bits per heavy atom. The lowest BCUT2D eigenvalue weighted by Crippen LogP contribution is -2.04. The van der Waals surface area contributed by atoms with E-state index in [1.165, 1.54) is 0 Å². The van der Waals surface area contributed by atoms with Crippen LogP contribution in [0, 0.1) is 0 Å². The molecule has 0 amide bonds. The standard InChI is InChI=1S/C11H19N3OS2/c1-4-5-12-9-8-10(17-7-6-15-2)14-11(13-9)16-3/h8H,4-7H2,1-3H3,(H,12,13,14). The summed E-state index contributed by atoms with van der Waals surface area (Å²) in [5.74, 6) is 1.82. The Bertz CT molecular complexity index is 336. The summed E-state index contributed by atoms with van der Waals surface area (Å²) in [7, 11) is 1.71. The van der Waals surface area contributed by atoms with Crippen molar-refractivity contribution >= 4 is 29.3 Å². The first-order valence-corrected chi connectivity index (χ1v) is 7.79. The van der Waals surface area contributed by atoms with E-state index in [0.29, 0.717) is 0 Å². The van der Waals surface area contributed by atoms with Crippen LogP contribution in [0.25, 0.3) is 0 Å². The van der Waals surface area contributed by atoms with E-state index in [1.54, 1.807) is 30.6 Å². The lowest BCUT2D eigenvalue weighted by Gasteiger charge is -2.07. The van der Waals surface area contributed by atoms with E-state index in [1.807, 2.05) is 12.3 Å². The summed E-state index contributed by atoms with van der Waals surface area (Å²) in [5, 5.41) is 5.10. The summed E-state index contributed by atoms with van der Waals surface area (Å²) >= 11 is 3.26. The van der Waals surface area contributed by atoms with Gasteiger partial charge in [-0.05, 0) is 12.7 Å². The van der Waals surface area contributed by atoms with Crippen LogP contribution in [-0.4, -0.2) is 42.2 Å². The number of methoxy groups -OCH3 is 1. The van der Waals surface area contributed by atoms with Gasteiger partial charge in [0.25, 0.3) is 0 Å². The minimum Gasteiger partial charge on any atom is -0.384 e. The molecule has 0 aromatic carbocycles. The van der Waals surface area contributed by atoms with Gasteiger partial charge in [0.15, 0.2) is 5.16 Å². The van der Waals surface area contributed by atoms with E-state index >= 15 is 0 Å². The average Bonchev–Trinajstić information content (AvgIpc) is 2.36. The lowest BCUT2D eigenvalue weighted by molar-refractivity contribution is 0.218. The zero-order valence-electron chi connectivity index (χ0n) is 10.5. The Morgan fingerprint density at radius 1 is 1.41 bits per heavy atom. The number of anilines is 1. The van der Waals surface area contributed by atoms with Crippen LogP contribution in [0.2, 0.25) is 0 Å². The lowest BCUT2D eigenvalue weighted by atomic mass is 10.4. The number of nitrogens with one attached hydrogen (secondary N) is 1. The van der Waals surface area contributed by atoms with Gasteiger partial charge in [0, 0.05) is 25.5 Å². The van der Waals surface area contributed by atoms with Gasteiger partial charge in [0.05, 0.1) is 6.61 Å². The van der Waals surface area contributed by atoms with Gasteiger partial charge in [-0.25, -0.2) is 9.97 Å². The molecule has 0 saturated carbocycles. The number of ether oxygens (including phenoxy) is 1. The normalized spacial score (nSPS) is 10.5. The third-order valence-electron chi connectivity index (χ3n) is 1.96. The monoisotopic (exact) mass is 273 g/mol. The molecule has 0 aliphatic rings. The van der Waals surface area contributed by atoms with E-state index in [2.05, 4.69) is 22.2 Å².